The molecule has 5 aliphatic heterocycles. The number of hydrogen-bond donors (Lipinski definition) is 13. The van der Waals surface area contributed by atoms with E-state index in [9.17, 15) is 71.2 Å². The predicted octanol–water partition coefficient (Wildman–Crippen LogP) is -2.09. The quantitative estimate of drug-likeness (QED) is 0.0599. The molecular weight excluding hydrogens is 1080 g/mol. The summed E-state index contributed by atoms with van der Waals surface area (Å²) in [6, 6.07) is 0. The number of carbonyl (C=O) groups excluding carboxylic acids is 2. The Kier molecular flexibility index (Phi) is 17.6. The summed E-state index contributed by atoms with van der Waals surface area (Å²) in [6.07, 6.45) is -29.6. The highest BCUT2D eigenvalue weighted by molar-refractivity contribution is 5.80. The largest absolute Gasteiger partial charge is 0.432 e. The highest BCUT2D eigenvalue weighted by atomic mass is 16.8. The van der Waals surface area contributed by atoms with Gasteiger partial charge in [0.05, 0.1) is 49.7 Å². The van der Waals surface area contributed by atoms with Crippen molar-refractivity contribution in [2.24, 2.45) is 50.2 Å². The van der Waals surface area contributed by atoms with E-state index in [1.165, 1.54) is 13.8 Å². The molecule has 13 N–H and O–H groups in total. The number of carbonyl (C=O) groups is 2. The average molecular weight is 1180 g/mol. The Bertz CT molecular complexity index is 2330. The molecule has 0 radical (unpaired) electrons. The maximum atomic E-state index is 15.4. The maximum Gasteiger partial charge on any atom is 0.317 e. The van der Waals surface area contributed by atoms with Crippen LogP contribution in [0.15, 0.2) is 11.6 Å². The van der Waals surface area contributed by atoms with Crippen LogP contribution in [-0.4, -0.2) is 246 Å². The van der Waals surface area contributed by atoms with Crippen LogP contribution in [0, 0.1) is 50.2 Å². The number of esters is 1. The van der Waals surface area contributed by atoms with Gasteiger partial charge in [-0.2, -0.15) is 0 Å². The SMILES string of the molecule is C[C@@H]1O[C@@H](O[C@H]2[C@H](OC(=O)[C@]34CCC(C)(C)C[C@H]3C3=CC[C@@H]5[C@@]6(C)CC[C@H](O)[C@@](C)(C=O)[C@@H]6CC[C@@]5(C)[C@]3(C)C[C@H]4O)O[C@H](C)[C@H](O)[C@@H]2O)[C@H](O)[C@H](O)[C@H]1O[C@@H]1OC[C@@H](O)[C@H](O[C@@H]2OC[C@H](O[C@@H]3OC[C@H](O)[C@H](O)[C@H]3O)C(O)C2O)C1O. The van der Waals surface area contributed by atoms with E-state index in [4.69, 9.17) is 47.4 Å². The molecule has 25 heteroatoms. The van der Waals surface area contributed by atoms with Crippen LogP contribution >= 0.6 is 0 Å². The topological polar surface area (TPSA) is 389 Å². The van der Waals surface area contributed by atoms with Gasteiger partial charge in [-0.3, -0.25) is 4.79 Å². The molecule has 0 bridgehead atoms. The van der Waals surface area contributed by atoms with Crippen LogP contribution in [0.1, 0.15) is 113 Å². The van der Waals surface area contributed by atoms with Gasteiger partial charge < -0.3 is 119 Å². The lowest BCUT2D eigenvalue weighted by Crippen LogP contribution is -2.68. The van der Waals surface area contributed by atoms with E-state index in [1.807, 2.05) is 6.92 Å². The minimum Gasteiger partial charge on any atom is -0.432 e. The van der Waals surface area contributed by atoms with Gasteiger partial charge >= 0.3 is 5.97 Å². The zero-order valence-corrected chi connectivity index (χ0v) is 47.9. The number of fused-ring (bicyclic) bond motifs is 7. The first-order valence-electron chi connectivity index (χ1n) is 29.4. The van der Waals surface area contributed by atoms with Crippen LogP contribution in [0.25, 0.3) is 0 Å². The number of hydrogen-bond acceptors (Lipinski definition) is 25. The predicted molar refractivity (Wildman–Crippen MR) is 276 cm³/mol. The zero-order valence-electron chi connectivity index (χ0n) is 47.9. The monoisotopic (exact) mass is 1170 g/mol. The first kappa shape index (κ1) is 63.0. The summed E-state index contributed by atoms with van der Waals surface area (Å²) in [6.45, 7) is 14.5. The molecule has 5 heterocycles. The highest BCUT2D eigenvalue weighted by Gasteiger charge is 2.72. The Labute approximate surface area is 476 Å². The molecule has 4 saturated carbocycles. The standard InChI is InChI=1S/C57H90O25/c1-23-34(63)37(66)45(81-49-41(70)38(67)43(24(2)77-49)79-48-42(71)44(28(60)20-74-48)80-47-40(69)36(65)29(21-75-47)78-46-39(68)35(64)27(59)19-73-46)50(76-23)82-51(72)57-16-15-52(3,4)17-26(57)25-9-10-31-53(5)13-12-32(61)54(6,22-58)30(53)11-14-55(31,7)56(25,8)18-33(57)62/h9,22-24,26-50,59-71H,10-21H2,1-8H3/t23-,24+,26+,27+,28-,29+,30-,31-,32+,33-,34+,35+,36?,37+,38+,39-,40?,41-,42?,43+,44+,45-,46+,47+,48+,49+,50+,53+,54+,55-,56-,57-/m1/s1. The van der Waals surface area contributed by atoms with Crippen molar-refractivity contribution in [2.45, 2.75) is 261 Å². The molecule has 5 aliphatic carbocycles. The summed E-state index contributed by atoms with van der Waals surface area (Å²) in [7, 11) is 0. The average Bonchev–Trinajstić information content (AvgIpc) is 0.730. The van der Waals surface area contributed by atoms with Crippen molar-refractivity contribution in [1.82, 2.24) is 0 Å². The van der Waals surface area contributed by atoms with Gasteiger partial charge in [0.25, 0.3) is 0 Å². The second-order valence-corrected chi connectivity index (χ2v) is 27.5. The summed E-state index contributed by atoms with van der Waals surface area (Å²) >= 11 is 0. The van der Waals surface area contributed by atoms with E-state index in [0.717, 1.165) is 31.1 Å². The summed E-state index contributed by atoms with van der Waals surface area (Å²) in [5.41, 5.74) is -2.75. The molecule has 9 fully saturated rings. The molecule has 468 valence electrons. The minimum atomic E-state index is -1.98. The Morgan fingerprint density at radius 1 is 0.549 bits per heavy atom. The molecule has 10 aliphatic rings. The fourth-order valence-corrected chi connectivity index (χ4v) is 17.0. The first-order valence-corrected chi connectivity index (χ1v) is 29.4. The minimum absolute atomic E-state index is 0.0397. The third kappa shape index (κ3) is 10.2. The summed E-state index contributed by atoms with van der Waals surface area (Å²) < 4.78 is 58.3. The van der Waals surface area contributed by atoms with Crippen molar-refractivity contribution in [2.75, 3.05) is 19.8 Å². The fourth-order valence-electron chi connectivity index (χ4n) is 17.0. The molecule has 25 nitrogen and oxygen atoms in total. The van der Waals surface area contributed by atoms with E-state index < -0.39 is 195 Å². The Morgan fingerprint density at radius 3 is 1.83 bits per heavy atom. The van der Waals surface area contributed by atoms with Crippen molar-refractivity contribution in [3.8, 4) is 0 Å². The Hall–Kier alpha value is -2.00. The third-order valence-electron chi connectivity index (χ3n) is 22.3. The van der Waals surface area contributed by atoms with Crippen molar-refractivity contribution in [1.29, 1.82) is 0 Å². The van der Waals surface area contributed by atoms with Gasteiger partial charge in [0.1, 0.15) is 97.2 Å². The van der Waals surface area contributed by atoms with Crippen molar-refractivity contribution >= 4 is 12.3 Å². The molecule has 0 aromatic carbocycles. The van der Waals surface area contributed by atoms with Crippen LogP contribution < -0.4 is 0 Å². The zero-order chi connectivity index (χ0) is 59.7. The number of rotatable bonds is 11. The summed E-state index contributed by atoms with van der Waals surface area (Å²) in [5.74, 6) is -1.20. The van der Waals surface area contributed by atoms with Gasteiger partial charge in [0, 0.05) is 0 Å². The molecule has 82 heavy (non-hydrogen) atoms. The van der Waals surface area contributed by atoms with Crippen molar-refractivity contribution in [3.63, 3.8) is 0 Å². The van der Waals surface area contributed by atoms with E-state index in [-0.39, 0.29) is 40.9 Å². The van der Waals surface area contributed by atoms with Crippen LogP contribution in [-0.2, 0) is 57.0 Å². The molecule has 5 saturated heterocycles. The summed E-state index contributed by atoms with van der Waals surface area (Å²) in [4.78, 5) is 28.2. The smallest absolute Gasteiger partial charge is 0.317 e. The second kappa shape index (κ2) is 22.9. The van der Waals surface area contributed by atoms with Gasteiger partial charge in [-0.15, -0.1) is 0 Å². The van der Waals surface area contributed by atoms with Gasteiger partial charge in [0.2, 0.25) is 6.29 Å². The first-order chi connectivity index (χ1) is 38.4. The highest BCUT2D eigenvalue weighted by Crippen LogP contribution is 2.76. The van der Waals surface area contributed by atoms with Crippen molar-refractivity contribution in [3.05, 3.63) is 11.6 Å². The van der Waals surface area contributed by atoms with Crippen molar-refractivity contribution < 1.29 is 123 Å². The number of aldehydes is 1. The number of ether oxygens (including phenoxy) is 10. The van der Waals surface area contributed by atoms with Gasteiger partial charge in [0.15, 0.2) is 31.3 Å². The van der Waals surface area contributed by atoms with Crippen LogP contribution in [0.2, 0.25) is 0 Å². The van der Waals surface area contributed by atoms with E-state index in [0.29, 0.717) is 25.7 Å². The maximum absolute atomic E-state index is 15.4. The van der Waals surface area contributed by atoms with E-state index in [2.05, 4.69) is 40.7 Å². The fraction of sp³-hybridized carbons (Fsp3) is 0.930. The molecule has 0 aromatic heterocycles. The van der Waals surface area contributed by atoms with Crippen LogP contribution in [0.5, 0.6) is 0 Å². The molecule has 0 aromatic rings. The molecule has 32 atom stereocenters. The molecule has 0 spiro atoms. The van der Waals surface area contributed by atoms with Crippen LogP contribution in [0.3, 0.4) is 0 Å². The van der Waals surface area contributed by atoms with Gasteiger partial charge in [-0.05, 0) is 111 Å². The molecule has 0 amide bonds. The lowest BCUT2D eigenvalue weighted by atomic mass is 9.33. The number of aliphatic hydroxyl groups excluding tert-OH is 13. The van der Waals surface area contributed by atoms with Gasteiger partial charge in [-0.1, -0.05) is 53.2 Å². The third-order valence-corrected chi connectivity index (χ3v) is 22.3. The Morgan fingerprint density at radius 2 is 1.13 bits per heavy atom. The molecule has 3 unspecified atom stereocenters. The lowest BCUT2D eigenvalue weighted by molar-refractivity contribution is -0.380. The number of aliphatic hydroxyl groups is 13. The summed E-state index contributed by atoms with van der Waals surface area (Å²) in [5, 5.41) is 144. The molecular formula is C57H90O25. The lowest BCUT2D eigenvalue weighted by Gasteiger charge is -2.71. The van der Waals surface area contributed by atoms with Gasteiger partial charge in [-0.25, -0.2) is 0 Å². The Balaban J connectivity index is 0.818. The second-order valence-electron chi connectivity index (χ2n) is 27.5. The van der Waals surface area contributed by atoms with Crippen LogP contribution in [0.4, 0.5) is 0 Å². The van der Waals surface area contributed by atoms with E-state index in [1.54, 1.807) is 0 Å². The normalized spacial score (nSPS) is 55.9. The molecule has 10 rings (SSSR count). The van der Waals surface area contributed by atoms with E-state index >= 15 is 4.79 Å². The number of allylic oxidation sites excluding steroid dienone is 2.